The zero-order valence-corrected chi connectivity index (χ0v) is 13.5. The van der Waals surface area contributed by atoms with E-state index in [2.05, 4.69) is 0 Å². The summed E-state index contributed by atoms with van der Waals surface area (Å²) in [4.78, 5) is 14.2. The lowest BCUT2D eigenvalue weighted by molar-refractivity contribution is -0.135. The van der Waals surface area contributed by atoms with Crippen LogP contribution in [0.5, 0.6) is 5.75 Å². The molecule has 1 aromatic carbocycles. The van der Waals surface area contributed by atoms with E-state index >= 15 is 0 Å². The van der Waals surface area contributed by atoms with Gasteiger partial charge in [-0.1, -0.05) is 12.1 Å². The van der Waals surface area contributed by atoms with E-state index in [0.29, 0.717) is 30.4 Å². The third-order valence-electron chi connectivity index (χ3n) is 3.56. The van der Waals surface area contributed by atoms with Crippen molar-refractivity contribution in [1.82, 2.24) is 4.90 Å². The zero-order valence-electron chi connectivity index (χ0n) is 13.5. The first-order chi connectivity index (χ1) is 11.7. The van der Waals surface area contributed by atoms with E-state index in [0.717, 1.165) is 5.56 Å². The number of hydrogen-bond acceptors (Lipinski definition) is 4. The highest BCUT2D eigenvalue weighted by Gasteiger charge is 2.18. The molecule has 0 aliphatic rings. The summed E-state index contributed by atoms with van der Waals surface area (Å²) in [5.41, 5.74) is 1.09. The summed E-state index contributed by atoms with van der Waals surface area (Å²) in [5.74, 6) is 1.97. The molecule has 0 saturated carbocycles. The lowest BCUT2D eigenvalue weighted by Crippen LogP contribution is -2.33. The Labute approximate surface area is 140 Å². The van der Waals surface area contributed by atoms with Crippen LogP contribution in [0.25, 0.3) is 0 Å². The molecule has 3 aromatic rings. The van der Waals surface area contributed by atoms with Crippen LogP contribution >= 0.6 is 0 Å². The first-order valence-electron chi connectivity index (χ1n) is 7.73. The van der Waals surface area contributed by atoms with E-state index in [1.807, 2.05) is 43.3 Å². The van der Waals surface area contributed by atoms with Gasteiger partial charge in [0.1, 0.15) is 17.3 Å². The molecule has 124 valence electrons. The van der Waals surface area contributed by atoms with E-state index in [4.69, 9.17) is 13.6 Å². The highest BCUT2D eigenvalue weighted by molar-refractivity contribution is 5.77. The monoisotopic (exact) mass is 325 g/mol. The Hall–Kier alpha value is -2.95. The molecule has 0 aliphatic carbocycles. The molecule has 0 spiro atoms. The first-order valence-corrected chi connectivity index (χ1v) is 7.73. The molecule has 0 atom stereocenters. The number of benzene rings is 1. The predicted molar refractivity (Wildman–Crippen MR) is 88.3 cm³/mol. The second kappa shape index (κ2) is 7.55. The Morgan fingerprint density at radius 1 is 1.00 bits per heavy atom. The number of carbonyl (C=O) groups is 1. The average molecular weight is 325 g/mol. The van der Waals surface area contributed by atoms with Crippen LogP contribution in [-0.4, -0.2) is 17.4 Å². The molecule has 2 aromatic heterocycles. The number of carbonyl (C=O) groups excluding carboxylic acids is 1. The van der Waals surface area contributed by atoms with Crippen LogP contribution in [0.15, 0.2) is 69.9 Å². The second-order valence-electron chi connectivity index (χ2n) is 5.51. The minimum atomic E-state index is -0.135. The summed E-state index contributed by atoms with van der Waals surface area (Å²) in [7, 11) is 0. The second-order valence-corrected chi connectivity index (χ2v) is 5.51. The number of nitrogens with zero attached hydrogens (tertiary/aromatic N) is 1. The van der Waals surface area contributed by atoms with Crippen molar-refractivity contribution in [2.24, 2.45) is 0 Å². The lowest BCUT2D eigenvalue weighted by atomic mass is 10.2. The molecule has 0 saturated heterocycles. The molecule has 0 unspecified atom stereocenters. The molecule has 5 heteroatoms. The van der Waals surface area contributed by atoms with Crippen molar-refractivity contribution in [3.8, 4) is 5.75 Å². The van der Waals surface area contributed by atoms with Crippen LogP contribution < -0.4 is 4.74 Å². The van der Waals surface area contributed by atoms with Crippen molar-refractivity contribution >= 4 is 5.91 Å². The minimum Gasteiger partial charge on any atom is -0.484 e. The molecular weight excluding hydrogens is 306 g/mol. The maximum absolute atomic E-state index is 12.6. The number of rotatable bonds is 7. The summed E-state index contributed by atoms with van der Waals surface area (Å²) in [6, 6.07) is 14.9. The molecule has 0 fully saturated rings. The van der Waals surface area contributed by atoms with E-state index in [1.165, 1.54) is 0 Å². The van der Waals surface area contributed by atoms with Gasteiger partial charge in [-0.25, -0.2) is 0 Å². The van der Waals surface area contributed by atoms with Crippen molar-refractivity contribution in [3.63, 3.8) is 0 Å². The molecular formula is C19H19NO4. The number of amides is 1. The standard InChI is InChI=1S/C19H19NO4/c1-15-5-2-6-16(11-15)24-14-19(21)20(12-17-7-3-9-22-17)13-18-8-4-10-23-18/h2-11H,12-14H2,1H3. The Balaban J connectivity index is 1.65. The fourth-order valence-corrected chi connectivity index (χ4v) is 2.36. The number of furan rings is 2. The number of ether oxygens (including phenoxy) is 1. The van der Waals surface area contributed by atoms with Gasteiger partial charge in [0.25, 0.3) is 5.91 Å². The number of hydrogen-bond donors (Lipinski definition) is 0. The Bertz CT molecular complexity index is 726. The van der Waals surface area contributed by atoms with E-state index in [1.54, 1.807) is 29.6 Å². The average Bonchev–Trinajstić information content (AvgIpc) is 3.26. The van der Waals surface area contributed by atoms with E-state index in [-0.39, 0.29) is 12.5 Å². The van der Waals surface area contributed by atoms with Crippen LogP contribution in [0.3, 0.4) is 0 Å². The van der Waals surface area contributed by atoms with Gasteiger partial charge in [0, 0.05) is 0 Å². The number of aryl methyl sites for hydroxylation is 1. The summed E-state index contributed by atoms with van der Waals surface area (Å²) in [6.07, 6.45) is 3.18. The van der Waals surface area contributed by atoms with Gasteiger partial charge >= 0.3 is 0 Å². The van der Waals surface area contributed by atoms with Gasteiger partial charge in [-0.3, -0.25) is 4.79 Å². The van der Waals surface area contributed by atoms with Crippen molar-refractivity contribution in [2.45, 2.75) is 20.0 Å². The maximum atomic E-state index is 12.6. The van der Waals surface area contributed by atoms with Gasteiger partial charge < -0.3 is 18.5 Å². The molecule has 5 nitrogen and oxygen atoms in total. The van der Waals surface area contributed by atoms with Crippen LogP contribution in [0.2, 0.25) is 0 Å². The van der Waals surface area contributed by atoms with Crippen LogP contribution in [-0.2, 0) is 17.9 Å². The molecule has 0 N–H and O–H groups in total. The quantitative estimate of drug-likeness (QED) is 0.663. The Morgan fingerprint density at radius 2 is 1.67 bits per heavy atom. The summed E-state index contributed by atoms with van der Waals surface area (Å²) >= 11 is 0. The van der Waals surface area contributed by atoms with Gasteiger partial charge in [-0.15, -0.1) is 0 Å². The zero-order chi connectivity index (χ0) is 16.8. The lowest BCUT2D eigenvalue weighted by Gasteiger charge is -2.20. The third kappa shape index (κ3) is 4.29. The third-order valence-corrected chi connectivity index (χ3v) is 3.56. The summed E-state index contributed by atoms with van der Waals surface area (Å²) < 4.78 is 16.3. The largest absolute Gasteiger partial charge is 0.484 e. The van der Waals surface area contributed by atoms with Crippen molar-refractivity contribution in [2.75, 3.05) is 6.61 Å². The molecule has 2 heterocycles. The van der Waals surface area contributed by atoms with Gasteiger partial charge in [0.2, 0.25) is 0 Å². The fraction of sp³-hybridized carbons (Fsp3) is 0.211. The van der Waals surface area contributed by atoms with Gasteiger partial charge in [0.05, 0.1) is 25.6 Å². The van der Waals surface area contributed by atoms with Crippen molar-refractivity contribution < 1.29 is 18.4 Å². The smallest absolute Gasteiger partial charge is 0.261 e. The van der Waals surface area contributed by atoms with Crippen molar-refractivity contribution in [1.29, 1.82) is 0 Å². The van der Waals surface area contributed by atoms with E-state index in [9.17, 15) is 4.79 Å². The summed E-state index contributed by atoms with van der Waals surface area (Å²) in [5, 5.41) is 0. The van der Waals surface area contributed by atoms with Gasteiger partial charge in [0.15, 0.2) is 6.61 Å². The molecule has 24 heavy (non-hydrogen) atoms. The molecule has 3 rings (SSSR count). The van der Waals surface area contributed by atoms with E-state index < -0.39 is 0 Å². The summed E-state index contributed by atoms with van der Waals surface area (Å²) in [6.45, 7) is 2.67. The van der Waals surface area contributed by atoms with Crippen LogP contribution in [0.4, 0.5) is 0 Å². The SMILES string of the molecule is Cc1cccc(OCC(=O)N(Cc2ccco2)Cc2ccco2)c1. The van der Waals surface area contributed by atoms with Crippen LogP contribution in [0.1, 0.15) is 17.1 Å². The Kier molecular flexibility index (Phi) is 5.01. The van der Waals surface area contributed by atoms with Crippen molar-refractivity contribution in [3.05, 3.63) is 78.1 Å². The molecule has 0 bridgehead atoms. The Morgan fingerprint density at radius 3 is 2.21 bits per heavy atom. The van der Waals surface area contributed by atoms with Gasteiger partial charge in [-0.05, 0) is 48.9 Å². The van der Waals surface area contributed by atoms with Gasteiger partial charge in [-0.2, -0.15) is 0 Å². The first kappa shape index (κ1) is 15.9. The van der Waals surface area contributed by atoms with Crippen LogP contribution in [0, 0.1) is 6.92 Å². The highest BCUT2D eigenvalue weighted by atomic mass is 16.5. The topological polar surface area (TPSA) is 55.8 Å². The molecule has 0 aliphatic heterocycles. The molecule has 1 amide bonds. The highest BCUT2D eigenvalue weighted by Crippen LogP contribution is 2.14. The predicted octanol–water partition coefficient (Wildman–Crippen LogP) is 3.79. The maximum Gasteiger partial charge on any atom is 0.261 e. The fourth-order valence-electron chi connectivity index (χ4n) is 2.36. The normalized spacial score (nSPS) is 10.5. The minimum absolute atomic E-state index is 0.0368. The molecule has 0 radical (unpaired) electrons.